The van der Waals surface area contributed by atoms with Gasteiger partial charge in [-0.3, -0.25) is 10.1 Å². The minimum atomic E-state index is -0.700. The normalized spacial score (nSPS) is 10.4. The van der Waals surface area contributed by atoms with Gasteiger partial charge in [0.15, 0.2) is 5.13 Å². The number of carbonyl (C=O) groups excluding carboxylic acids is 2. The van der Waals surface area contributed by atoms with E-state index >= 15 is 0 Å². The molecule has 0 spiro atoms. The number of halogens is 2. The lowest BCUT2D eigenvalue weighted by molar-refractivity contribution is -0.121. The van der Waals surface area contributed by atoms with Gasteiger partial charge in [-0.1, -0.05) is 24.3 Å². The standard InChI is InChI=1S/C20H18F2N4O2S/c21-16-7-4-8-17(22)15(16)11-23-18(27)10-9-14-12-29-20(25-14)26-19(28)24-13-5-2-1-3-6-13/h1-8,12H,9-11H2,(H,23,27)(H2,24,25,26,28). The van der Waals surface area contributed by atoms with Crippen molar-refractivity contribution in [2.24, 2.45) is 0 Å². The smallest absolute Gasteiger partial charge is 0.325 e. The van der Waals surface area contributed by atoms with Gasteiger partial charge in [-0.05, 0) is 30.7 Å². The van der Waals surface area contributed by atoms with E-state index in [0.717, 1.165) is 12.1 Å². The second-order valence-electron chi connectivity index (χ2n) is 6.07. The van der Waals surface area contributed by atoms with E-state index < -0.39 is 17.7 Å². The number of urea groups is 1. The molecular formula is C20H18F2N4O2S. The summed E-state index contributed by atoms with van der Waals surface area (Å²) in [6.45, 7) is -0.221. The zero-order chi connectivity index (χ0) is 20.6. The van der Waals surface area contributed by atoms with E-state index in [0.29, 0.717) is 22.9 Å². The van der Waals surface area contributed by atoms with E-state index in [1.807, 2.05) is 18.2 Å². The summed E-state index contributed by atoms with van der Waals surface area (Å²) in [5.41, 5.74) is 1.12. The minimum Gasteiger partial charge on any atom is -0.352 e. The number of nitrogens with one attached hydrogen (secondary N) is 3. The molecule has 9 heteroatoms. The van der Waals surface area contributed by atoms with Gasteiger partial charge >= 0.3 is 6.03 Å². The fourth-order valence-corrected chi connectivity index (χ4v) is 3.22. The van der Waals surface area contributed by atoms with Crippen LogP contribution in [0.1, 0.15) is 17.7 Å². The van der Waals surface area contributed by atoms with Crippen LogP contribution in [0.25, 0.3) is 0 Å². The molecule has 3 aromatic rings. The predicted molar refractivity (Wildman–Crippen MR) is 108 cm³/mol. The van der Waals surface area contributed by atoms with Crippen LogP contribution in [0.2, 0.25) is 0 Å². The van der Waals surface area contributed by atoms with Crippen molar-refractivity contribution in [1.29, 1.82) is 0 Å². The largest absolute Gasteiger partial charge is 0.352 e. The molecule has 0 atom stereocenters. The van der Waals surface area contributed by atoms with Crippen LogP contribution in [0.15, 0.2) is 53.9 Å². The Kier molecular flexibility index (Phi) is 6.85. The van der Waals surface area contributed by atoms with E-state index in [9.17, 15) is 18.4 Å². The fraction of sp³-hybridized carbons (Fsp3) is 0.150. The van der Waals surface area contributed by atoms with E-state index in [1.165, 1.54) is 17.4 Å². The zero-order valence-electron chi connectivity index (χ0n) is 15.2. The van der Waals surface area contributed by atoms with Crippen molar-refractivity contribution < 1.29 is 18.4 Å². The molecule has 1 heterocycles. The van der Waals surface area contributed by atoms with E-state index in [4.69, 9.17) is 0 Å². The first kappa shape index (κ1) is 20.4. The number of hydrogen-bond donors (Lipinski definition) is 3. The number of amides is 3. The van der Waals surface area contributed by atoms with Crippen LogP contribution in [-0.4, -0.2) is 16.9 Å². The van der Waals surface area contributed by atoms with Gasteiger partial charge < -0.3 is 10.6 Å². The molecule has 0 radical (unpaired) electrons. The Morgan fingerprint density at radius 3 is 2.41 bits per heavy atom. The van der Waals surface area contributed by atoms with Crippen molar-refractivity contribution in [3.05, 3.63) is 76.8 Å². The van der Waals surface area contributed by atoms with Crippen LogP contribution in [0.3, 0.4) is 0 Å². The Morgan fingerprint density at radius 1 is 0.966 bits per heavy atom. The Bertz CT molecular complexity index is 975. The van der Waals surface area contributed by atoms with Crippen molar-refractivity contribution in [2.75, 3.05) is 10.6 Å². The number of anilines is 2. The number of rotatable bonds is 7. The lowest BCUT2D eigenvalue weighted by atomic mass is 10.2. The van der Waals surface area contributed by atoms with Gasteiger partial charge in [-0.2, -0.15) is 0 Å². The summed E-state index contributed by atoms with van der Waals surface area (Å²) in [7, 11) is 0. The van der Waals surface area contributed by atoms with Gasteiger partial charge in [0, 0.05) is 29.6 Å². The Labute approximate surface area is 170 Å². The predicted octanol–water partition coefficient (Wildman–Crippen LogP) is 4.31. The molecule has 0 aliphatic heterocycles. The third-order valence-corrected chi connectivity index (χ3v) is 4.74. The van der Waals surface area contributed by atoms with Crippen LogP contribution in [-0.2, 0) is 17.8 Å². The molecule has 1 aromatic heterocycles. The zero-order valence-corrected chi connectivity index (χ0v) is 16.1. The van der Waals surface area contributed by atoms with Gasteiger partial charge in [0.1, 0.15) is 11.6 Å². The molecule has 0 bridgehead atoms. The fourth-order valence-electron chi connectivity index (χ4n) is 2.48. The van der Waals surface area contributed by atoms with Crippen molar-refractivity contribution in [3.63, 3.8) is 0 Å². The number of para-hydroxylation sites is 1. The second kappa shape index (κ2) is 9.74. The SMILES string of the molecule is O=C(CCc1csc(NC(=O)Nc2ccccc2)n1)NCc1c(F)cccc1F. The highest BCUT2D eigenvalue weighted by molar-refractivity contribution is 7.13. The lowest BCUT2D eigenvalue weighted by Crippen LogP contribution is -2.24. The van der Waals surface area contributed by atoms with Gasteiger partial charge in [0.2, 0.25) is 5.91 Å². The van der Waals surface area contributed by atoms with Crippen molar-refractivity contribution in [3.8, 4) is 0 Å². The molecule has 3 N–H and O–H groups in total. The van der Waals surface area contributed by atoms with E-state index in [-0.39, 0.29) is 24.4 Å². The van der Waals surface area contributed by atoms with E-state index in [1.54, 1.807) is 17.5 Å². The topological polar surface area (TPSA) is 83.1 Å². The van der Waals surface area contributed by atoms with Crippen molar-refractivity contribution in [1.82, 2.24) is 10.3 Å². The maximum atomic E-state index is 13.6. The number of carbonyl (C=O) groups is 2. The van der Waals surface area contributed by atoms with Gasteiger partial charge in [0.25, 0.3) is 0 Å². The molecule has 2 aromatic carbocycles. The second-order valence-corrected chi connectivity index (χ2v) is 6.92. The van der Waals surface area contributed by atoms with Crippen LogP contribution in [0.4, 0.5) is 24.4 Å². The molecule has 0 aliphatic carbocycles. The first-order valence-corrected chi connectivity index (χ1v) is 9.66. The molecule has 3 amide bonds. The molecule has 3 rings (SSSR count). The third kappa shape index (κ3) is 6.08. The van der Waals surface area contributed by atoms with Crippen molar-refractivity contribution in [2.45, 2.75) is 19.4 Å². The average Bonchev–Trinajstić information content (AvgIpc) is 3.14. The third-order valence-electron chi connectivity index (χ3n) is 3.94. The van der Waals surface area contributed by atoms with Gasteiger partial charge in [0.05, 0.1) is 5.69 Å². The first-order chi connectivity index (χ1) is 14.0. The summed E-state index contributed by atoms with van der Waals surface area (Å²) in [4.78, 5) is 28.1. The lowest BCUT2D eigenvalue weighted by Gasteiger charge is -2.07. The summed E-state index contributed by atoms with van der Waals surface area (Å²) in [6.07, 6.45) is 0.444. The van der Waals surface area contributed by atoms with Crippen LogP contribution >= 0.6 is 11.3 Å². The molecule has 0 aliphatic rings. The molecule has 0 fully saturated rings. The highest BCUT2D eigenvalue weighted by atomic mass is 32.1. The summed E-state index contributed by atoms with van der Waals surface area (Å²) in [5.74, 6) is -1.75. The highest BCUT2D eigenvalue weighted by Crippen LogP contribution is 2.17. The number of nitrogens with zero attached hydrogens (tertiary/aromatic N) is 1. The van der Waals surface area contributed by atoms with Crippen LogP contribution in [0.5, 0.6) is 0 Å². The Hall–Kier alpha value is -3.33. The number of thiazole rings is 1. The molecule has 0 saturated carbocycles. The molecular weight excluding hydrogens is 398 g/mol. The van der Waals surface area contributed by atoms with E-state index in [2.05, 4.69) is 20.9 Å². The maximum absolute atomic E-state index is 13.6. The van der Waals surface area contributed by atoms with Gasteiger partial charge in [-0.25, -0.2) is 18.6 Å². The number of hydrogen-bond acceptors (Lipinski definition) is 4. The number of aryl methyl sites for hydroxylation is 1. The monoisotopic (exact) mass is 416 g/mol. The summed E-state index contributed by atoms with van der Waals surface area (Å²) in [6, 6.07) is 12.1. The maximum Gasteiger partial charge on any atom is 0.325 e. The first-order valence-electron chi connectivity index (χ1n) is 8.78. The summed E-state index contributed by atoms with van der Waals surface area (Å²) in [5, 5.41) is 9.95. The molecule has 6 nitrogen and oxygen atoms in total. The molecule has 0 unspecified atom stereocenters. The number of aromatic nitrogens is 1. The van der Waals surface area contributed by atoms with Crippen LogP contribution in [0, 0.1) is 11.6 Å². The average molecular weight is 416 g/mol. The van der Waals surface area contributed by atoms with Crippen LogP contribution < -0.4 is 16.0 Å². The molecule has 29 heavy (non-hydrogen) atoms. The number of benzene rings is 2. The Morgan fingerprint density at radius 2 is 1.69 bits per heavy atom. The summed E-state index contributed by atoms with van der Waals surface area (Å²) < 4.78 is 27.1. The quantitative estimate of drug-likeness (QED) is 0.537. The highest BCUT2D eigenvalue weighted by Gasteiger charge is 2.11. The molecule has 150 valence electrons. The summed E-state index contributed by atoms with van der Waals surface area (Å²) >= 11 is 1.24. The Balaban J connectivity index is 1.44. The van der Waals surface area contributed by atoms with Crippen molar-refractivity contribution >= 4 is 34.1 Å². The minimum absolute atomic E-state index is 0.107. The van der Waals surface area contributed by atoms with Gasteiger partial charge in [-0.15, -0.1) is 11.3 Å². The molecule has 0 saturated heterocycles.